The molecule has 3 nitrogen and oxygen atoms in total. The van der Waals surface area contributed by atoms with E-state index in [4.69, 9.17) is 0 Å². The van der Waals surface area contributed by atoms with Crippen LogP contribution in [-0.2, 0) is 14.3 Å². The number of halogens is 3. The third-order valence-electron chi connectivity index (χ3n) is 1.75. The lowest BCUT2D eigenvalue weighted by molar-refractivity contribution is -0.276. The molecule has 76 valence electrons. The molecule has 1 rings (SSSR count). The molecule has 6 heteroatoms. The average Bonchev–Trinajstić information content (AvgIpc) is 2.01. The van der Waals surface area contributed by atoms with E-state index in [2.05, 4.69) is 9.47 Å². The van der Waals surface area contributed by atoms with Gasteiger partial charge in [-0.3, -0.25) is 4.79 Å². The smallest absolute Gasteiger partial charge is 0.355 e. The highest BCUT2D eigenvalue weighted by Gasteiger charge is 2.46. The lowest BCUT2D eigenvalue weighted by Gasteiger charge is -2.29. The Morgan fingerprint density at radius 2 is 2.08 bits per heavy atom. The van der Waals surface area contributed by atoms with Gasteiger partial charge in [-0.05, 0) is 0 Å². The van der Waals surface area contributed by atoms with Gasteiger partial charge in [0.2, 0.25) is 0 Å². The summed E-state index contributed by atoms with van der Waals surface area (Å²) in [5.74, 6) is -0.486. The molecule has 0 amide bonds. The number of methoxy groups -OCH3 is 1. The molecule has 0 aliphatic carbocycles. The van der Waals surface area contributed by atoms with E-state index in [0.717, 1.165) is 0 Å². The minimum Gasteiger partial charge on any atom is -0.355 e. The van der Waals surface area contributed by atoms with Gasteiger partial charge in [0, 0.05) is 13.5 Å². The second-order valence-corrected chi connectivity index (χ2v) is 2.78. The van der Waals surface area contributed by atoms with Crippen molar-refractivity contribution in [2.75, 3.05) is 7.11 Å². The molecule has 0 bridgehead atoms. The van der Waals surface area contributed by atoms with Gasteiger partial charge < -0.3 is 9.47 Å². The standard InChI is InChI=1S/C7H9F3O3/c1-12-6-3-4(11)2-5(13-6)7(8,9)10/h5-6H,2-3H2,1H3/t5-,6-/m1/s1. The summed E-state index contributed by atoms with van der Waals surface area (Å²) in [5.41, 5.74) is 0. The third kappa shape index (κ3) is 2.67. The van der Waals surface area contributed by atoms with E-state index in [0.29, 0.717) is 0 Å². The minimum atomic E-state index is -4.49. The number of hydrogen-bond donors (Lipinski definition) is 0. The molecule has 2 atom stereocenters. The number of Topliss-reactive ketones (excluding diaryl/α,β-unsaturated/α-hetero) is 1. The highest BCUT2D eigenvalue weighted by atomic mass is 19.4. The molecule has 13 heavy (non-hydrogen) atoms. The lowest BCUT2D eigenvalue weighted by Crippen LogP contribution is -2.42. The molecule has 1 aliphatic rings. The first-order chi connectivity index (χ1) is 5.93. The molecule has 0 aromatic carbocycles. The SMILES string of the molecule is CO[C@H]1CC(=O)C[C@H](C(F)(F)F)O1. The van der Waals surface area contributed by atoms with Gasteiger partial charge in [0.15, 0.2) is 12.4 Å². The Kier molecular flexibility index (Phi) is 2.92. The van der Waals surface area contributed by atoms with Crippen LogP contribution in [0.3, 0.4) is 0 Å². The number of ether oxygens (including phenoxy) is 2. The van der Waals surface area contributed by atoms with Crippen molar-refractivity contribution in [1.82, 2.24) is 0 Å². The van der Waals surface area contributed by atoms with Crippen LogP contribution in [0, 0.1) is 0 Å². The first-order valence-electron chi connectivity index (χ1n) is 3.70. The zero-order chi connectivity index (χ0) is 10.1. The van der Waals surface area contributed by atoms with E-state index in [1.807, 2.05) is 0 Å². The Bertz CT molecular complexity index is 202. The van der Waals surface area contributed by atoms with E-state index in [9.17, 15) is 18.0 Å². The van der Waals surface area contributed by atoms with Crippen LogP contribution in [0.1, 0.15) is 12.8 Å². The number of hydrogen-bond acceptors (Lipinski definition) is 3. The molecule has 1 heterocycles. The summed E-state index contributed by atoms with van der Waals surface area (Å²) < 4.78 is 45.3. The van der Waals surface area contributed by atoms with Crippen molar-refractivity contribution in [3.05, 3.63) is 0 Å². The summed E-state index contributed by atoms with van der Waals surface area (Å²) in [6.45, 7) is 0. The summed E-state index contributed by atoms with van der Waals surface area (Å²) in [6.07, 6.45) is -8.29. The predicted octanol–water partition coefficient (Wildman–Crippen LogP) is 1.27. The number of carbonyl (C=O) groups excluding carboxylic acids is 1. The molecule has 0 aromatic heterocycles. The van der Waals surface area contributed by atoms with Crippen LogP contribution in [0.5, 0.6) is 0 Å². The number of ketones is 1. The van der Waals surface area contributed by atoms with Gasteiger partial charge in [0.1, 0.15) is 5.78 Å². The Hall–Kier alpha value is -0.620. The van der Waals surface area contributed by atoms with Crippen LogP contribution >= 0.6 is 0 Å². The zero-order valence-corrected chi connectivity index (χ0v) is 6.93. The van der Waals surface area contributed by atoms with Crippen molar-refractivity contribution in [2.45, 2.75) is 31.4 Å². The van der Waals surface area contributed by atoms with Gasteiger partial charge in [0.25, 0.3) is 0 Å². The van der Waals surface area contributed by atoms with Crippen LogP contribution in [-0.4, -0.2) is 31.5 Å². The maximum Gasteiger partial charge on any atom is 0.415 e. The predicted molar refractivity (Wildman–Crippen MR) is 36.0 cm³/mol. The van der Waals surface area contributed by atoms with E-state index in [1.165, 1.54) is 7.11 Å². The summed E-state index contributed by atoms with van der Waals surface area (Å²) in [4.78, 5) is 10.8. The largest absolute Gasteiger partial charge is 0.415 e. The molecule has 0 radical (unpaired) electrons. The molecule has 1 aliphatic heterocycles. The topological polar surface area (TPSA) is 35.5 Å². The zero-order valence-electron chi connectivity index (χ0n) is 6.93. The Balaban J connectivity index is 2.62. The Morgan fingerprint density at radius 1 is 1.46 bits per heavy atom. The van der Waals surface area contributed by atoms with Crippen molar-refractivity contribution in [2.24, 2.45) is 0 Å². The molecule has 0 N–H and O–H groups in total. The van der Waals surface area contributed by atoms with E-state index >= 15 is 0 Å². The van der Waals surface area contributed by atoms with E-state index < -0.39 is 30.8 Å². The van der Waals surface area contributed by atoms with Crippen molar-refractivity contribution in [1.29, 1.82) is 0 Å². The quantitative estimate of drug-likeness (QED) is 0.636. The summed E-state index contributed by atoms with van der Waals surface area (Å²) in [6, 6.07) is 0. The lowest BCUT2D eigenvalue weighted by atomic mass is 10.1. The summed E-state index contributed by atoms with van der Waals surface area (Å²) >= 11 is 0. The minimum absolute atomic E-state index is 0.108. The molecule has 0 aromatic rings. The van der Waals surface area contributed by atoms with Gasteiger partial charge in [0.05, 0.1) is 6.42 Å². The van der Waals surface area contributed by atoms with Crippen molar-refractivity contribution in [3.8, 4) is 0 Å². The third-order valence-corrected chi connectivity index (χ3v) is 1.75. The van der Waals surface area contributed by atoms with Gasteiger partial charge in [-0.2, -0.15) is 13.2 Å². The molecular formula is C7H9F3O3. The van der Waals surface area contributed by atoms with Crippen LogP contribution in [0.4, 0.5) is 13.2 Å². The Morgan fingerprint density at radius 3 is 2.54 bits per heavy atom. The number of carbonyl (C=O) groups is 1. The van der Waals surface area contributed by atoms with Gasteiger partial charge >= 0.3 is 6.18 Å². The maximum atomic E-state index is 12.1. The van der Waals surface area contributed by atoms with Crippen molar-refractivity contribution >= 4 is 5.78 Å². The van der Waals surface area contributed by atoms with Crippen molar-refractivity contribution < 1.29 is 27.4 Å². The first kappa shape index (κ1) is 10.5. The number of rotatable bonds is 1. The molecule has 0 spiro atoms. The van der Waals surface area contributed by atoms with Crippen molar-refractivity contribution in [3.63, 3.8) is 0 Å². The van der Waals surface area contributed by atoms with Crippen LogP contribution in [0.15, 0.2) is 0 Å². The van der Waals surface area contributed by atoms with Crippen LogP contribution in [0.25, 0.3) is 0 Å². The van der Waals surface area contributed by atoms with Gasteiger partial charge in [-0.25, -0.2) is 0 Å². The van der Waals surface area contributed by atoms with Crippen LogP contribution < -0.4 is 0 Å². The molecular weight excluding hydrogens is 189 g/mol. The molecule has 0 unspecified atom stereocenters. The first-order valence-corrected chi connectivity index (χ1v) is 3.70. The average molecular weight is 198 g/mol. The van der Waals surface area contributed by atoms with Gasteiger partial charge in [-0.15, -0.1) is 0 Å². The fourth-order valence-electron chi connectivity index (χ4n) is 1.09. The van der Waals surface area contributed by atoms with E-state index in [1.54, 1.807) is 0 Å². The molecule has 1 saturated heterocycles. The maximum absolute atomic E-state index is 12.1. The number of alkyl halides is 3. The van der Waals surface area contributed by atoms with Gasteiger partial charge in [-0.1, -0.05) is 0 Å². The molecule has 1 fully saturated rings. The summed E-state index contributed by atoms with van der Waals surface area (Å²) in [7, 11) is 1.21. The fraction of sp³-hybridized carbons (Fsp3) is 0.857. The summed E-state index contributed by atoms with van der Waals surface area (Å²) in [5, 5.41) is 0. The second-order valence-electron chi connectivity index (χ2n) is 2.78. The fourth-order valence-corrected chi connectivity index (χ4v) is 1.09. The normalized spacial score (nSPS) is 30.6. The Labute approximate surface area is 72.8 Å². The molecule has 0 saturated carbocycles. The highest BCUT2D eigenvalue weighted by Crippen LogP contribution is 2.30. The highest BCUT2D eigenvalue weighted by molar-refractivity contribution is 5.79. The van der Waals surface area contributed by atoms with Crippen LogP contribution in [0.2, 0.25) is 0 Å². The second kappa shape index (κ2) is 3.63. The van der Waals surface area contributed by atoms with E-state index in [-0.39, 0.29) is 6.42 Å². The monoisotopic (exact) mass is 198 g/mol.